The van der Waals surface area contributed by atoms with Crippen LogP contribution in [0.25, 0.3) is 75.2 Å². The summed E-state index contributed by atoms with van der Waals surface area (Å²) >= 11 is 1.88. The molecule has 12 aromatic rings. The van der Waals surface area contributed by atoms with Crippen LogP contribution in [0.1, 0.15) is 79.0 Å². The van der Waals surface area contributed by atoms with Crippen molar-refractivity contribution < 1.29 is 0 Å². The van der Waals surface area contributed by atoms with Crippen LogP contribution in [0.5, 0.6) is 0 Å². The van der Waals surface area contributed by atoms with Crippen molar-refractivity contribution in [1.29, 1.82) is 0 Å². The Bertz CT molecular complexity index is 4300. The van der Waals surface area contributed by atoms with E-state index in [2.05, 4.69) is 251 Å². The molecule has 0 aliphatic carbocycles. The first-order valence-electron chi connectivity index (χ1n) is 25.7. The van der Waals surface area contributed by atoms with Crippen LogP contribution in [-0.2, 0) is 16.2 Å². The number of hydrogen-bond donors (Lipinski definition) is 0. The van der Waals surface area contributed by atoms with Gasteiger partial charge in [-0.1, -0.05) is 141 Å². The largest absolute Gasteiger partial charge is 0.311 e. The molecule has 0 saturated carbocycles. The molecule has 3 aromatic heterocycles. The average Bonchev–Trinajstić information content (AvgIpc) is 4.02. The van der Waals surface area contributed by atoms with Gasteiger partial charge in [-0.15, -0.1) is 11.3 Å². The minimum atomic E-state index is -0.139. The van der Waals surface area contributed by atoms with Gasteiger partial charge in [0.1, 0.15) is 0 Å². The van der Waals surface area contributed by atoms with E-state index < -0.39 is 0 Å². The highest BCUT2D eigenvalue weighted by Gasteiger charge is 2.47. The smallest absolute Gasteiger partial charge is 0.252 e. The average molecular weight is 947 g/mol. The quantitative estimate of drug-likeness (QED) is 0.161. The highest BCUT2D eigenvalue weighted by atomic mass is 32.1. The molecule has 0 fully saturated rings. The lowest BCUT2D eigenvalue weighted by atomic mass is 9.33. The standard InChI is InChI=1S/C66H55BN4S/c1-64(2,3)38-24-29-52-46(32-38)47-33-39(65(4,5)6)25-30-53(47)68(52)42-26-28-49-56(37-42)69(41-27-31-60-48(36-41)44-17-11-13-23-59(44)72-60)57-34-40(66(7,8)9)35-58-61(57)67(49)50-19-15-22-55-63(50)71(58)54-21-14-18-45-43-16-10-12-20-51(43)70(55)62(45)54/h10-37H,1-9H3. The van der Waals surface area contributed by atoms with E-state index in [1.165, 1.54) is 137 Å². The number of para-hydroxylation sites is 3. The van der Waals surface area contributed by atoms with Crippen LogP contribution in [-0.4, -0.2) is 15.8 Å². The van der Waals surface area contributed by atoms with E-state index in [4.69, 9.17) is 0 Å². The highest BCUT2D eigenvalue weighted by Crippen LogP contribution is 2.53. The number of rotatable bonds is 2. The third kappa shape index (κ3) is 5.64. The molecule has 6 heterocycles. The lowest BCUT2D eigenvalue weighted by molar-refractivity contribution is 0.590. The second-order valence-corrected chi connectivity index (χ2v) is 24.9. The maximum Gasteiger partial charge on any atom is 0.252 e. The monoisotopic (exact) mass is 946 g/mol. The number of hydrogen-bond acceptors (Lipinski definition) is 3. The van der Waals surface area contributed by atoms with Crippen LogP contribution in [0, 0.1) is 0 Å². The zero-order valence-electron chi connectivity index (χ0n) is 42.4. The highest BCUT2D eigenvalue weighted by molar-refractivity contribution is 7.25. The summed E-state index contributed by atoms with van der Waals surface area (Å²) in [5.41, 5.74) is 22.6. The van der Waals surface area contributed by atoms with Crippen molar-refractivity contribution in [1.82, 2.24) is 9.13 Å². The van der Waals surface area contributed by atoms with Crippen LogP contribution in [0.15, 0.2) is 170 Å². The van der Waals surface area contributed by atoms with Crippen LogP contribution < -0.4 is 26.2 Å². The van der Waals surface area contributed by atoms with Crippen molar-refractivity contribution in [2.24, 2.45) is 0 Å². The van der Waals surface area contributed by atoms with E-state index >= 15 is 0 Å². The molecular formula is C66H55BN4S. The molecule has 0 bridgehead atoms. The number of aromatic nitrogens is 2. The summed E-state index contributed by atoms with van der Waals surface area (Å²) in [6.45, 7) is 21.0. The summed E-state index contributed by atoms with van der Waals surface area (Å²) in [6, 6.07) is 65.9. The van der Waals surface area contributed by atoms with Gasteiger partial charge < -0.3 is 18.9 Å². The Kier molecular flexibility index (Phi) is 8.27. The normalized spacial score (nSPS) is 14.1. The third-order valence-corrected chi connectivity index (χ3v) is 17.6. The van der Waals surface area contributed by atoms with Gasteiger partial charge in [0.15, 0.2) is 0 Å². The summed E-state index contributed by atoms with van der Waals surface area (Å²) in [7, 11) is 0. The molecule has 0 amide bonds. The van der Waals surface area contributed by atoms with E-state index in [0.717, 1.165) is 5.69 Å². The molecule has 6 heteroatoms. The molecule has 0 atom stereocenters. The van der Waals surface area contributed by atoms with Gasteiger partial charge in [-0.2, -0.15) is 0 Å². The lowest BCUT2D eigenvalue weighted by Crippen LogP contribution is -2.62. The molecule has 0 radical (unpaired) electrons. The molecule has 3 aliphatic rings. The summed E-state index contributed by atoms with van der Waals surface area (Å²) in [4.78, 5) is 5.27. The second kappa shape index (κ2) is 14.1. The van der Waals surface area contributed by atoms with Crippen LogP contribution >= 0.6 is 11.3 Å². The molecule has 0 unspecified atom stereocenters. The summed E-state index contributed by atoms with van der Waals surface area (Å²) < 4.78 is 7.71. The Labute approximate surface area is 425 Å². The first-order chi connectivity index (χ1) is 34.6. The van der Waals surface area contributed by atoms with Crippen molar-refractivity contribution in [3.8, 4) is 11.4 Å². The fourth-order valence-corrected chi connectivity index (χ4v) is 13.9. The zero-order valence-corrected chi connectivity index (χ0v) is 43.3. The Morgan fingerprint density at radius 3 is 1.68 bits per heavy atom. The molecule has 15 rings (SSSR count). The van der Waals surface area contributed by atoms with Crippen molar-refractivity contribution in [2.75, 3.05) is 9.80 Å². The first-order valence-corrected chi connectivity index (χ1v) is 26.5. The first kappa shape index (κ1) is 42.2. The molecule has 0 N–H and O–H groups in total. The molecule has 4 nitrogen and oxygen atoms in total. The number of fused-ring (bicyclic) bond motifs is 15. The molecular weight excluding hydrogens is 892 g/mol. The van der Waals surface area contributed by atoms with E-state index in [1.807, 2.05) is 11.3 Å². The minimum absolute atomic E-state index is 0.0122. The Balaban J connectivity index is 1.06. The van der Waals surface area contributed by atoms with E-state index in [0.29, 0.717) is 0 Å². The fraction of sp³-hybridized carbons (Fsp3) is 0.182. The van der Waals surface area contributed by atoms with Crippen molar-refractivity contribution in [3.63, 3.8) is 0 Å². The van der Waals surface area contributed by atoms with Gasteiger partial charge in [-0.05, 0) is 140 Å². The number of anilines is 6. The number of thiophene rings is 1. The molecule has 348 valence electrons. The van der Waals surface area contributed by atoms with Gasteiger partial charge in [0, 0.05) is 70.2 Å². The Hall–Kier alpha value is -7.54. The van der Waals surface area contributed by atoms with Gasteiger partial charge in [0.25, 0.3) is 6.71 Å². The molecule has 0 spiro atoms. The predicted octanol–water partition coefficient (Wildman–Crippen LogP) is 16.5. The third-order valence-electron chi connectivity index (χ3n) is 16.4. The van der Waals surface area contributed by atoms with Gasteiger partial charge in [0.05, 0.1) is 39.1 Å². The number of nitrogens with zero attached hydrogens (tertiary/aromatic N) is 4. The van der Waals surface area contributed by atoms with Crippen LogP contribution in [0.2, 0.25) is 0 Å². The van der Waals surface area contributed by atoms with Gasteiger partial charge >= 0.3 is 0 Å². The second-order valence-electron chi connectivity index (χ2n) is 23.8. The SMILES string of the molecule is CC(C)(C)c1cc2c3c(c1)N1c4c(cccc4-n4c5ccccc5c5cccc1c54)B3c1ccc(-n3c4ccc(C(C)(C)C)cc4c4cc(C(C)(C)C)ccc43)cc1N2c1ccc2sc3ccccc3c2c1. The van der Waals surface area contributed by atoms with E-state index in [9.17, 15) is 0 Å². The molecule has 72 heavy (non-hydrogen) atoms. The lowest BCUT2D eigenvalue weighted by Gasteiger charge is -2.47. The molecule has 9 aromatic carbocycles. The van der Waals surface area contributed by atoms with Gasteiger partial charge in [-0.25, -0.2) is 0 Å². The predicted molar refractivity (Wildman–Crippen MR) is 312 cm³/mol. The van der Waals surface area contributed by atoms with Crippen LogP contribution in [0.4, 0.5) is 34.1 Å². The fourth-order valence-electron chi connectivity index (χ4n) is 12.8. The van der Waals surface area contributed by atoms with Gasteiger partial charge in [0.2, 0.25) is 0 Å². The maximum absolute atomic E-state index is 2.64. The molecule has 0 saturated heterocycles. The van der Waals surface area contributed by atoms with Crippen LogP contribution in [0.3, 0.4) is 0 Å². The summed E-state index contributed by atoms with van der Waals surface area (Å²) in [5.74, 6) is 0. The number of benzene rings is 9. The maximum atomic E-state index is 2.64. The summed E-state index contributed by atoms with van der Waals surface area (Å²) in [5, 5.41) is 7.77. The Morgan fingerprint density at radius 1 is 0.361 bits per heavy atom. The minimum Gasteiger partial charge on any atom is -0.311 e. The topological polar surface area (TPSA) is 16.3 Å². The molecule has 3 aliphatic heterocycles. The Morgan fingerprint density at radius 2 is 0.958 bits per heavy atom. The summed E-state index contributed by atoms with van der Waals surface area (Å²) in [6.07, 6.45) is 0. The van der Waals surface area contributed by atoms with E-state index in [1.54, 1.807) is 0 Å². The van der Waals surface area contributed by atoms with E-state index in [-0.39, 0.29) is 23.0 Å². The van der Waals surface area contributed by atoms with Crippen molar-refractivity contribution in [3.05, 3.63) is 187 Å². The zero-order chi connectivity index (χ0) is 48.9. The van der Waals surface area contributed by atoms with Crippen molar-refractivity contribution in [2.45, 2.75) is 78.6 Å². The van der Waals surface area contributed by atoms with Gasteiger partial charge in [-0.3, -0.25) is 0 Å². The van der Waals surface area contributed by atoms with Crippen molar-refractivity contribution >= 4 is 132 Å².